The first-order chi connectivity index (χ1) is 22.0. The van der Waals surface area contributed by atoms with Gasteiger partial charge in [-0.3, -0.25) is 14.4 Å². The van der Waals surface area contributed by atoms with Gasteiger partial charge in [0, 0.05) is 23.1 Å². The van der Waals surface area contributed by atoms with Crippen molar-refractivity contribution in [2.45, 2.75) is 68.8 Å². The number of ketones is 2. The van der Waals surface area contributed by atoms with E-state index < -0.39 is 77.5 Å². The third-order valence-electron chi connectivity index (χ3n) is 8.20. The molecule has 0 radical (unpaired) electrons. The number of aliphatic hydroxyl groups is 1. The smallest absolute Gasteiger partial charge is 0.416 e. The summed E-state index contributed by atoms with van der Waals surface area (Å²) in [7, 11) is 0. The maximum Gasteiger partial charge on any atom is 0.416 e. The molecule has 1 aliphatic carbocycles. The van der Waals surface area contributed by atoms with Crippen molar-refractivity contribution in [1.82, 2.24) is 5.32 Å². The minimum atomic E-state index is -5.17. The molecule has 0 spiro atoms. The van der Waals surface area contributed by atoms with Crippen molar-refractivity contribution in [3.8, 4) is 0 Å². The predicted molar refractivity (Wildman–Crippen MR) is 157 cm³/mol. The zero-order valence-corrected chi connectivity index (χ0v) is 24.8. The van der Waals surface area contributed by atoms with Gasteiger partial charge in [0.2, 0.25) is 0 Å². The Morgan fingerprint density at radius 1 is 0.745 bits per heavy atom. The maximum atomic E-state index is 13.8. The monoisotopic (exact) mass is 663 g/mol. The van der Waals surface area contributed by atoms with Crippen molar-refractivity contribution in [1.29, 1.82) is 0 Å². The Hall–Kier alpha value is -4.52. The molecular formula is C34H31F6NO6. The van der Waals surface area contributed by atoms with Crippen LogP contribution in [0.25, 0.3) is 0 Å². The Morgan fingerprint density at radius 2 is 1.28 bits per heavy atom. The fourth-order valence-electron chi connectivity index (χ4n) is 5.58. The van der Waals surface area contributed by atoms with E-state index in [1.807, 2.05) is 0 Å². The number of nitrogens with one attached hydrogen (secondary N) is 1. The average molecular weight is 664 g/mol. The summed E-state index contributed by atoms with van der Waals surface area (Å²) in [5, 5.41) is 20.4. The van der Waals surface area contributed by atoms with Gasteiger partial charge < -0.3 is 15.5 Å². The predicted octanol–water partition coefficient (Wildman–Crippen LogP) is 7.19. The number of carbonyl (C=O) groups excluding carboxylic acids is 3. The van der Waals surface area contributed by atoms with Crippen LogP contribution in [0.15, 0.2) is 66.7 Å². The van der Waals surface area contributed by atoms with Crippen LogP contribution in [-0.2, 0) is 17.1 Å². The normalized spacial score (nSPS) is 15.5. The second-order valence-corrected chi connectivity index (χ2v) is 11.5. The molecule has 1 saturated carbocycles. The molecule has 7 nitrogen and oxygen atoms in total. The van der Waals surface area contributed by atoms with E-state index in [0.29, 0.717) is 23.6 Å². The van der Waals surface area contributed by atoms with Crippen LogP contribution in [0.2, 0.25) is 0 Å². The van der Waals surface area contributed by atoms with Gasteiger partial charge in [0.25, 0.3) is 5.91 Å². The second kappa shape index (κ2) is 14.5. The minimum Gasteiger partial charge on any atom is -0.479 e. The molecular weight excluding hydrogens is 632 g/mol. The summed E-state index contributed by atoms with van der Waals surface area (Å²) in [6, 6.07) is 12.4. The highest BCUT2D eigenvalue weighted by Crippen LogP contribution is 2.38. The lowest BCUT2D eigenvalue weighted by molar-refractivity contribution is -0.146. The number of benzene rings is 3. The number of aliphatic hydroxyl groups excluding tert-OH is 1. The highest BCUT2D eigenvalue weighted by atomic mass is 19.4. The third kappa shape index (κ3) is 9.06. The molecule has 2 unspecified atom stereocenters. The zero-order chi connectivity index (χ0) is 34.5. The molecule has 0 heterocycles. The van der Waals surface area contributed by atoms with Crippen LogP contribution in [0, 0.1) is 0 Å². The Kier molecular flexibility index (Phi) is 10.9. The first kappa shape index (κ1) is 35.3. The van der Waals surface area contributed by atoms with E-state index in [4.69, 9.17) is 5.11 Å². The van der Waals surface area contributed by atoms with E-state index in [2.05, 4.69) is 5.32 Å². The number of hydrogen-bond donors (Lipinski definition) is 3. The minimum absolute atomic E-state index is 0.00120. The summed E-state index contributed by atoms with van der Waals surface area (Å²) in [6.45, 7) is -0.582. The lowest BCUT2D eigenvalue weighted by Crippen LogP contribution is -2.36. The molecule has 4 rings (SSSR count). The second-order valence-electron chi connectivity index (χ2n) is 11.5. The van der Waals surface area contributed by atoms with Gasteiger partial charge in [0.05, 0.1) is 23.6 Å². The maximum absolute atomic E-state index is 13.8. The lowest BCUT2D eigenvalue weighted by atomic mass is 9.81. The Morgan fingerprint density at radius 3 is 1.79 bits per heavy atom. The summed E-state index contributed by atoms with van der Waals surface area (Å²) in [5.41, 5.74) is -2.80. The Bertz CT molecular complexity index is 1580. The number of aliphatic carboxylic acids is 1. The van der Waals surface area contributed by atoms with Crippen LogP contribution < -0.4 is 5.32 Å². The third-order valence-corrected chi connectivity index (χ3v) is 8.20. The van der Waals surface area contributed by atoms with E-state index in [1.54, 1.807) is 24.3 Å². The molecule has 47 heavy (non-hydrogen) atoms. The van der Waals surface area contributed by atoms with E-state index in [9.17, 15) is 50.6 Å². The topological polar surface area (TPSA) is 121 Å². The van der Waals surface area contributed by atoms with Crippen LogP contribution in [0.4, 0.5) is 26.3 Å². The summed E-state index contributed by atoms with van der Waals surface area (Å²) in [4.78, 5) is 50.3. The molecule has 1 aliphatic rings. The van der Waals surface area contributed by atoms with Crippen molar-refractivity contribution < 1.29 is 55.7 Å². The molecule has 1 amide bonds. The number of alkyl halides is 6. The molecule has 0 aliphatic heterocycles. The number of carboxylic acids is 1. The van der Waals surface area contributed by atoms with Gasteiger partial charge in [0.1, 0.15) is 0 Å². The first-order valence-electron chi connectivity index (χ1n) is 14.8. The van der Waals surface area contributed by atoms with E-state index in [0.717, 1.165) is 37.7 Å². The van der Waals surface area contributed by atoms with Gasteiger partial charge in [0.15, 0.2) is 17.7 Å². The Labute approximate surface area is 265 Å². The Balaban J connectivity index is 1.65. The summed E-state index contributed by atoms with van der Waals surface area (Å²) < 4.78 is 80.9. The SMILES string of the molecule is O=C(CC(C(=O)c1ccc(C(=O)NCC(O)C(=O)O)cc1)c1ccc(C2CCCCC2)cc1)c1cc(C(F)(F)F)cc(C(F)(F)F)c1. The highest BCUT2D eigenvalue weighted by molar-refractivity contribution is 6.06. The quantitative estimate of drug-likeness (QED) is 0.148. The van der Waals surface area contributed by atoms with Crippen LogP contribution in [-0.4, -0.2) is 46.3 Å². The molecule has 0 bridgehead atoms. The molecule has 2 atom stereocenters. The molecule has 1 fully saturated rings. The van der Waals surface area contributed by atoms with Gasteiger partial charge in [-0.05, 0) is 60.2 Å². The van der Waals surface area contributed by atoms with Gasteiger partial charge in [-0.25, -0.2) is 4.79 Å². The van der Waals surface area contributed by atoms with E-state index in [1.165, 1.54) is 24.3 Å². The number of amides is 1. The van der Waals surface area contributed by atoms with Crippen LogP contribution in [0.3, 0.4) is 0 Å². The number of carbonyl (C=O) groups is 4. The fraction of sp³-hybridized carbons (Fsp3) is 0.353. The molecule has 250 valence electrons. The largest absolute Gasteiger partial charge is 0.479 e. The van der Waals surface area contributed by atoms with Crippen LogP contribution in [0.5, 0.6) is 0 Å². The highest BCUT2D eigenvalue weighted by Gasteiger charge is 2.38. The molecule has 3 N–H and O–H groups in total. The van der Waals surface area contributed by atoms with Gasteiger partial charge in [-0.15, -0.1) is 0 Å². The van der Waals surface area contributed by atoms with Gasteiger partial charge in [-0.1, -0.05) is 55.7 Å². The standard InChI is InChI=1S/C34H31F6NO6/c35-33(36,37)25-14-24(15-26(16-25)34(38,39)40)28(42)17-27(21-8-6-20(7-9-21)19-4-2-1-3-5-19)30(44)22-10-12-23(13-11-22)31(45)41-18-29(43)32(46)47/h6-16,19,27,29,43H,1-5,17-18H2,(H,41,45)(H,46,47). The van der Waals surface area contributed by atoms with E-state index >= 15 is 0 Å². The average Bonchev–Trinajstić information content (AvgIpc) is 3.05. The van der Waals surface area contributed by atoms with Crippen molar-refractivity contribution in [3.05, 3.63) is 106 Å². The molecule has 0 saturated heterocycles. The fourth-order valence-corrected chi connectivity index (χ4v) is 5.58. The van der Waals surface area contributed by atoms with Crippen LogP contribution >= 0.6 is 0 Å². The number of Topliss-reactive ketones (excluding diaryl/α,β-unsaturated/α-hetero) is 2. The molecule has 3 aromatic carbocycles. The number of carboxylic acid groups (broad SMARTS) is 1. The number of hydrogen-bond acceptors (Lipinski definition) is 5. The summed E-state index contributed by atoms with van der Waals surface area (Å²) in [6.07, 6.45) is -7.70. The van der Waals surface area contributed by atoms with Crippen molar-refractivity contribution in [2.24, 2.45) is 0 Å². The number of rotatable bonds is 11. The number of halogens is 6. The van der Waals surface area contributed by atoms with E-state index in [-0.39, 0.29) is 17.2 Å². The van der Waals surface area contributed by atoms with Crippen LogP contribution in [0.1, 0.15) is 104 Å². The molecule has 0 aromatic heterocycles. The summed E-state index contributed by atoms with van der Waals surface area (Å²) >= 11 is 0. The molecule has 3 aromatic rings. The van der Waals surface area contributed by atoms with Crippen molar-refractivity contribution in [3.63, 3.8) is 0 Å². The zero-order valence-electron chi connectivity index (χ0n) is 24.8. The van der Waals surface area contributed by atoms with Gasteiger partial charge >= 0.3 is 18.3 Å². The lowest BCUT2D eigenvalue weighted by Gasteiger charge is -2.23. The van der Waals surface area contributed by atoms with Crippen molar-refractivity contribution >= 4 is 23.4 Å². The van der Waals surface area contributed by atoms with Crippen molar-refractivity contribution in [2.75, 3.05) is 6.54 Å². The van der Waals surface area contributed by atoms with Gasteiger partial charge in [-0.2, -0.15) is 26.3 Å². The summed E-state index contributed by atoms with van der Waals surface area (Å²) in [5.74, 6) is -5.06. The first-order valence-corrected chi connectivity index (χ1v) is 14.8. The molecule has 13 heteroatoms.